The topological polar surface area (TPSA) is 29.3 Å². The quantitative estimate of drug-likeness (QED) is 0.829. The number of rotatable bonds is 7. The summed E-state index contributed by atoms with van der Waals surface area (Å²) in [5.74, 6) is 1.19. The van der Waals surface area contributed by atoms with Crippen LogP contribution in [0.15, 0.2) is 22.7 Å². The van der Waals surface area contributed by atoms with Gasteiger partial charge >= 0.3 is 0 Å². The zero-order chi connectivity index (χ0) is 13.5. The van der Waals surface area contributed by atoms with Gasteiger partial charge in [-0.15, -0.1) is 0 Å². The molecular formula is C14H23BrN2S. The van der Waals surface area contributed by atoms with Crippen molar-refractivity contribution >= 4 is 27.7 Å². The first-order valence-electron chi connectivity index (χ1n) is 6.28. The second-order valence-corrected chi connectivity index (χ2v) is 6.33. The lowest BCUT2D eigenvalue weighted by Gasteiger charge is -2.27. The molecule has 2 N–H and O–H groups in total. The molecule has 0 spiro atoms. The van der Waals surface area contributed by atoms with Crippen molar-refractivity contribution in [2.24, 2.45) is 5.73 Å². The molecule has 0 saturated heterocycles. The first-order chi connectivity index (χ1) is 8.62. The third kappa shape index (κ3) is 4.57. The SMILES string of the molecule is CCC(CSC)N(C)Cc1ccc(CN)cc1Br. The lowest BCUT2D eigenvalue weighted by atomic mass is 10.1. The summed E-state index contributed by atoms with van der Waals surface area (Å²) in [7, 11) is 2.20. The summed E-state index contributed by atoms with van der Waals surface area (Å²) < 4.78 is 1.16. The molecule has 102 valence electrons. The minimum absolute atomic E-state index is 0.596. The van der Waals surface area contributed by atoms with Crippen LogP contribution in [-0.2, 0) is 13.1 Å². The Labute approximate surface area is 123 Å². The van der Waals surface area contributed by atoms with Crippen LogP contribution < -0.4 is 5.73 Å². The van der Waals surface area contributed by atoms with Gasteiger partial charge in [-0.2, -0.15) is 11.8 Å². The van der Waals surface area contributed by atoms with Crippen molar-refractivity contribution in [3.05, 3.63) is 33.8 Å². The molecule has 0 aliphatic carbocycles. The number of benzene rings is 1. The fourth-order valence-electron chi connectivity index (χ4n) is 1.99. The molecule has 1 atom stereocenters. The van der Waals surface area contributed by atoms with E-state index in [9.17, 15) is 0 Å². The van der Waals surface area contributed by atoms with E-state index in [1.807, 2.05) is 11.8 Å². The van der Waals surface area contributed by atoms with Crippen LogP contribution >= 0.6 is 27.7 Å². The van der Waals surface area contributed by atoms with Gasteiger partial charge in [-0.1, -0.05) is 35.0 Å². The van der Waals surface area contributed by atoms with Gasteiger partial charge in [-0.25, -0.2) is 0 Å². The van der Waals surface area contributed by atoms with E-state index in [2.05, 4.69) is 59.3 Å². The van der Waals surface area contributed by atoms with Crippen molar-refractivity contribution in [3.63, 3.8) is 0 Å². The van der Waals surface area contributed by atoms with Crippen LogP contribution in [0.5, 0.6) is 0 Å². The van der Waals surface area contributed by atoms with E-state index in [1.165, 1.54) is 23.3 Å². The Hall–Kier alpha value is -0.0300. The second-order valence-electron chi connectivity index (χ2n) is 4.56. The van der Waals surface area contributed by atoms with E-state index in [0.717, 1.165) is 11.0 Å². The second kappa shape index (κ2) is 8.20. The highest BCUT2D eigenvalue weighted by Crippen LogP contribution is 2.21. The average Bonchev–Trinajstić information content (AvgIpc) is 2.38. The number of nitrogens with two attached hydrogens (primary N) is 1. The molecule has 4 heteroatoms. The highest BCUT2D eigenvalue weighted by Gasteiger charge is 2.13. The third-order valence-corrected chi connectivity index (χ3v) is 4.68. The van der Waals surface area contributed by atoms with Crippen molar-refractivity contribution in [1.29, 1.82) is 0 Å². The van der Waals surface area contributed by atoms with Crippen LogP contribution in [0.25, 0.3) is 0 Å². The van der Waals surface area contributed by atoms with Crippen LogP contribution in [0.3, 0.4) is 0 Å². The Morgan fingerprint density at radius 2 is 2.17 bits per heavy atom. The molecule has 1 aromatic rings. The van der Waals surface area contributed by atoms with Crippen molar-refractivity contribution < 1.29 is 0 Å². The van der Waals surface area contributed by atoms with Crippen LogP contribution in [0.2, 0.25) is 0 Å². The first kappa shape index (κ1) is 16.0. The van der Waals surface area contributed by atoms with Crippen molar-refractivity contribution in [2.45, 2.75) is 32.5 Å². The summed E-state index contributed by atoms with van der Waals surface area (Å²) >= 11 is 5.55. The fraction of sp³-hybridized carbons (Fsp3) is 0.571. The zero-order valence-electron chi connectivity index (χ0n) is 11.4. The molecule has 1 aromatic carbocycles. The van der Waals surface area contributed by atoms with Gasteiger partial charge in [0.25, 0.3) is 0 Å². The summed E-state index contributed by atoms with van der Waals surface area (Å²) in [6.45, 7) is 3.83. The minimum atomic E-state index is 0.596. The molecule has 0 aromatic heterocycles. The maximum atomic E-state index is 5.65. The molecule has 0 fully saturated rings. The summed E-state index contributed by atoms with van der Waals surface area (Å²) in [5.41, 5.74) is 8.14. The molecule has 0 saturated carbocycles. The Morgan fingerprint density at radius 3 is 2.67 bits per heavy atom. The maximum absolute atomic E-state index is 5.65. The Bertz CT molecular complexity index is 371. The van der Waals surface area contributed by atoms with Crippen LogP contribution in [0, 0.1) is 0 Å². The molecule has 0 radical (unpaired) electrons. The summed E-state index contributed by atoms with van der Waals surface area (Å²) in [5, 5.41) is 0. The largest absolute Gasteiger partial charge is 0.326 e. The number of halogens is 1. The monoisotopic (exact) mass is 330 g/mol. The molecule has 0 bridgehead atoms. The fourth-order valence-corrected chi connectivity index (χ4v) is 3.42. The predicted molar refractivity (Wildman–Crippen MR) is 86.0 cm³/mol. The summed E-state index contributed by atoms with van der Waals surface area (Å²) in [4.78, 5) is 2.43. The number of nitrogens with zero attached hydrogens (tertiary/aromatic N) is 1. The zero-order valence-corrected chi connectivity index (χ0v) is 13.9. The van der Waals surface area contributed by atoms with E-state index >= 15 is 0 Å². The normalized spacial score (nSPS) is 13.0. The van der Waals surface area contributed by atoms with E-state index in [0.29, 0.717) is 12.6 Å². The molecule has 1 unspecified atom stereocenters. The van der Waals surface area contributed by atoms with E-state index in [-0.39, 0.29) is 0 Å². The van der Waals surface area contributed by atoms with Crippen LogP contribution in [0.1, 0.15) is 24.5 Å². The van der Waals surface area contributed by atoms with Crippen molar-refractivity contribution in [3.8, 4) is 0 Å². The standard InChI is InChI=1S/C14H23BrN2S/c1-4-13(10-18-3)17(2)9-12-6-5-11(8-16)7-14(12)15/h5-7,13H,4,8-10,16H2,1-3H3. The van der Waals surface area contributed by atoms with Gasteiger partial charge < -0.3 is 5.73 Å². The summed E-state index contributed by atoms with van der Waals surface area (Å²) in [6.07, 6.45) is 3.36. The number of hydrogen-bond donors (Lipinski definition) is 1. The minimum Gasteiger partial charge on any atom is -0.326 e. The number of hydrogen-bond acceptors (Lipinski definition) is 3. The molecule has 1 rings (SSSR count). The highest BCUT2D eigenvalue weighted by atomic mass is 79.9. The third-order valence-electron chi connectivity index (χ3n) is 3.23. The molecule has 0 aliphatic rings. The smallest absolute Gasteiger partial charge is 0.0245 e. The van der Waals surface area contributed by atoms with E-state index < -0.39 is 0 Å². The van der Waals surface area contributed by atoms with Gasteiger partial charge in [-0.3, -0.25) is 4.90 Å². The van der Waals surface area contributed by atoms with Gasteiger partial charge in [0.2, 0.25) is 0 Å². The lowest BCUT2D eigenvalue weighted by Crippen LogP contribution is -2.32. The van der Waals surface area contributed by atoms with Crippen LogP contribution in [0.4, 0.5) is 0 Å². The van der Waals surface area contributed by atoms with Gasteiger partial charge in [-0.05, 0) is 36.9 Å². The van der Waals surface area contributed by atoms with Crippen molar-refractivity contribution in [2.75, 3.05) is 19.1 Å². The van der Waals surface area contributed by atoms with Crippen molar-refractivity contribution in [1.82, 2.24) is 4.90 Å². The Kier molecular flexibility index (Phi) is 7.30. The Morgan fingerprint density at radius 1 is 1.44 bits per heavy atom. The lowest BCUT2D eigenvalue weighted by molar-refractivity contribution is 0.247. The van der Waals surface area contributed by atoms with Crippen LogP contribution in [-0.4, -0.2) is 30.0 Å². The molecule has 18 heavy (non-hydrogen) atoms. The highest BCUT2D eigenvalue weighted by molar-refractivity contribution is 9.10. The van der Waals surface area contributed by atoms with E-state index in [4.69, 9.17) is 5.73 Å². The maximum Gasteiger partial charge on any atom is 0.0245 e. The number of thioether (sulfide) groups is 1. The molecule has 0 amide bonds. The molecule has 0 heterocycles. The molecule has 0 aliphatic heterocycles. The van der Waals surface area contributed by atoms with Gasteiger partial charge in [0, 0.05) is 29.4 Å². The Balaban J connectivity index is 2.71. The first-order valence-corrected chi connectivity index (χ1v) is 8.47. The average molecular weight is 331 g/mol. The molecular weight excluding hydrogens is 308 g/mol. The summed E-state index contributed by atoms with van der Waals surface area (Å²) in [6, 6.07) is 7.05. The van der Waals surface area contributed by atoms with E-state index in [1.54, 1.807) is 0 Å². The van der Waals surface area contributed by atoms with Gasteiger partial charge in [0.1, 0.15) is 0 Å². The predicted octanol–water partition coefficient (Wildman–Crippen LogP) is 3.48. The van der Waals surface area contributed by atoms with Gasteiger partial charge in [0.15, 0.2) is 0 Å². The molecule has 2 nitrogen and oxygen atoms in total. The van der Waals surface area contributed by atoms with Gasteiger partial charge in [0.05, 0.1) is 0 Å².